The predicted octanol–water partition coefficient (Wildman–Crippen LogP) is 4.44. The van der Waals surface area contributed by atoms with Gasteiger partial charge in [-0.1, -0.05) is 82.2 Å². The van der Waals surface area contributed by atoms with Crippen LogP contribution < -0.4 is 0 Å². The number of carboxylic acid groups (broad SMARTS) is 2. The van der Waals surface area contributed by atoms with Crippen molar-refractivity contribution in [1.29, 1.82) is 0 Å². The topological polar surface area (TPSA) is 74.6 Å². The molecule has 2 N–H and O–H groups in total. The zero-order valence-electron chi connectivity index (χ0n) is 14.6. The number of carbonyl (C=O) groups is 2. The molecule has 1 atom stereocenters. The van der Waals surface area contributed by atoms with Gasteiger partial charge in [0, 0.05) is 0 Å². The van der Waals surface area contributed by atoms with Crippen LogP contribution in [0.3, 0.4) is 0 Å². The number of hydrogen-bond acceptors (Lipinski definition) is 2. The van der Waals surface area contributed by atoms with Crippen LogP contribution in [-0.2, 0) is 9.59 Å². The average Bonchev–Trinajstić information content (AvgIpc) is 2.56. The number of benzene rings is 1. The molecule has 0 aliphatic rings. The Balaban J connectivity index is 0.00000576. The minimum atomic E-state index is -1.33. The van der Waals surface area contributed by atoms with Crippen molar-refractivity contribution in [3.05, 3.63) is 35.9 Å². The van der Waals surface area contributed by atoms with Crippen LogP contribution >= 0.6 is 0 Å². The van der Waals surface area contributed by atoms with Crippen LogP contribution in [0.4, 0.5) is 0 Å². The first-order valence-electron chi connectivity index (χ1n) is 9.06. The summed E-state index contributed by atoms with van der Waals surface area (Å²) in [6.07, 6.45) is 9.38. The van der Waals surface area contributed by atoms with E-state index in [1.54, 1.807) is 0 Å². The molecule has 1 unspecified atom stereocenters. The van der Waals surface area contributed by atoms with E-state index in [2.05, 4.69) is 6.92 Å². The molecule has 5 heteroatoms. The Hall–Kier alpha value is -0.204. The molecule has 1 rings (SSSR count). The SMILES string of the molecule is CCCCCCCCCC(CC(C(=O)O)C(=O)O)c1ccccc1.[KH]. The summed E-state index contributed by atoms with van der Waals surface area (Å²) in [7, 11) is 0. The van der Waals surface area contributed by atoms with Gasteiger partial charge in [0.1, 0.15) is 0 Å². The van der Waals surface area contributed by atoms with E-state index in [-0.39, 0.29) is 63.7 Å². The number of unbranched alkanes of at least 4 members (excludes halogenated alkanes) is 6. The summed E-state index contributed by atoms with van der Waals surface area (Å²) < 4.78 is 0. The van der Waals surface area contributed by atoms with E-state index in [0.717, 1.165) is 24.8 Å². The summed E-state index contributed by atoms with van der Waals surface area (Å²) in [5.74, 6) is -3.84. The second-order valence-electron chi connectivity index (χ2n) is 6.48. The zero-order chi connectivity index (χ0) is 17.8. The van der Waals surface area contributed by atoms with E-state index in [0.29, 0.717) is 0 Å². The Morgan fingerprint density at radius 1 is 0.880 bits per heavy atom. The van der Waals surface area contributed by atoms with Crippen LogP contribution in [0.5, 0.6) is 0 Å². The Morgan fingerprint density at radius 3 is 1.92 bits per heavy atom. The third-order valence-electron chi connectivity index (χ3n) is 4.54. The van der Waals surface area contributed by atoms with Gasteiger partial charge in [-0.05, 0) is 24.3 Å². The molecule has 0 spiro atoms. The van der Waals surface area contributed by atoms with E-state index in [1.807, 2.05) is 30.3 Å². The molecule has 0 bridgehead atoms. The summed E-state index contributed by atoms with van der Waals surface area (Å²) in [5.41, 5.74) is 1.04. The van der Waals surface area contributed by atoms with E-state index < -0.39 is 17.9 Å². The van der Waals surface area contributed by atoms with Crippen molar-refractivity contribution in [1.82, 2.24) is 0 Å². The van der Waals surface area contributed by atoms with Gasteiger partial charge in [0.15, 0.2) is 5.92 Å². The first-order chi connectivity index (χ1) is 11.6. The second-order valence-corrected chi connectivity index (χ2v) is 6.48. The third-order valence-corrected chi connectivity index (χ3v) is 4.54. The standard InChI is InChI=1S/C20H30O4.K.H/c1-2-3-4-5-6-7-9-14-17(16-12-10-8-11-13-16)15-18(19(21)22)20(23)24;;/h8,10-13,17-18H,2-7,9,14-15H2,1H3,(H,21,22)(H,23,24);;. The zero-order valence-corrected chi connectivity index (χ0v) is 14.6. The van der Waals surface area contributed by atoms with Crippen molar-refractivity contribution in [2.75, 3.05) is 0 Å². The fourth-order valence-electron chi connectivity index (χ4n) is 3.09. The number of aliphatic carboxylic acids is 2. The molecule has 0 saturated heterocycles. The summed E-state index contributed by atoms with van der Waals surface area (Å²) in [5, 5.41) is 18.3. The van der Waals surface area contributed by atoms with Crippen LogP contribution in [0.15, 0.2) is 30.3 Å². The molecule has 0 aromatic heterocycles. The van der Waals surface area contributed by atoms with Gasteiger partial charge in [-0.3, -0.25) is 9.59 Å². The molecular formula is C20H31KO4. The summed E-state index contributed by atoms with van der Waals surface area (Å²) in [4.78, 5) is 22.4. The van der Waals surface area contributed by atoms with Crippen molar-refractivity contribution in [2.24, 2.45) is 5.92 Å². The minimum absolute atomic E-state index is 0. The summed E-state index contributed by atoms with van der Waals surface area (Å²) in [6, 6.07) is 9.69. The van der Waals surface area contributed by atoms with Crippen molar-refractivity contribution >= 4 is 63.3 Å². The van der Waals surface area contributed by atoms with Gasteiger partial charge < -0.3 is 10.2 Å². The number of hydrogen-bond donors (Lipinski definition) is 2. The molecule has 0 aliphatic heterocycles. The van der Waals surface area contributed by atoms with E-state index in [9.17, 15) is 9.59 Å². The van der Waals surface area contributed by atoms with Gasteiger partial charge in [-0.2, -0.15) is 0 Å². The molecule has 1 aromatic carbocycles. The van der Waals surface area contributed by atoms with Crippen molar-refractivity contribution in [3.63, 3.8) is 0 Å². The van der Waals surface area contributed by atoms with Crippen LogP contribution in [0.2, 0.25) is 0 Å². The van der Waals surface area contributed by atoms with Crippen LogP contribution in [0.1, 0.15) is 76.2 Å². The van der Waals surface area contributed by atoms with Gasteiger partial charge in [0.2, 0.25) is 0 Å². The van der Waals surface area contributed by atoms with Crippen molar-refractivity contribution < 1.29 is 19.8 Å². The Morgan fingerprint density at radius 2 is 1.40 bits per heavy atom. The molecule has 0 aliphatic carbocycles. The van der Waals surface area contributed by atoms with Gasteiger partial charge in [0.05, 0.1) is 0 Å². The molecular weight excluding hydrogens is 343 g/mol. The first-order valence-corrected chi connectivity index (χ1v) is 9.06. The fourth-order valence-corrected chi connectivity index (χ4v) is 3.09. The number of rotatable bonds is 13. The molecule has 0 fully saturated rings. The Bertz CT molecular complexity index is 476. The fraction of sp³-hybridized carbons (Fsp3) is 0.600. The van der Waals surface area contributed by atoms with Gasteiger partial charge in [-0.25, -0.2) is 0 Å². The maximum absolute atomic E-state index is 11.2. The normalized spacial score (nSPS) is 11.8. The molecule has 0 radical (unpaired) electrons. The molecule has 1 aromatic rings. The van der Waals surface area contributed by atoms with Crippen LogP contribution in [-0.4, -0.2) is 73.5 Å². The quantitative estimate of drug-likeness (QED) is 0.304. The predicted molar refractivity (Wildman–Crippen MR) is 102 cm³/mol. The van der Waals surface area contributed by atoms with E-state index >= 15 is 0 Å². The summed E-state index contributed by atoms with van der Waals surface area (Å²) in [6.45, 7) is 2.20. The van der Waals surface area contributed by atoms with Gasteiger partial charge in [0.25, 0.3) is 0 Å². The van der Waals surface area contributed by atoms with Gasteiger partial charge in [-0.15, -0.1) is 0 Å². The van der Waals surface area contributed by atoms with E-state index in [1.165, 1.54) is 32.1 Å². The number of carboxylic acids is 2. The molecule has 136 valence electrons. The summed E-state index contributed by atoms with van der Waals surface area (Å²) >= 11 is 0. The molecule has 0 amide bonds. The van der Waals surface area contributed by atoms with Crippen LogP contribution in [0, 0.1) is 5.92 Å². The first kappa shape index (κ1) is 24.8. The Labute approximate surface area is 193 Å². The van der Waals surface area contributed by atoms with Crippen LogP contribution in [0.25, 0.3) is 0 Å². The van der Waals surface area contributed by atoms with Gasteiger partial charge >= 0.3 is 63.3 Å². The molecule has 0 heterocycles. The second kappa shape index (κ2) is 14.9. The molecule has 4 nitrogen and oxygen atoms in total. The van der Waals surface area contributed by atoms with E-state index in [4.69, 9.17) is 10.2 Å². The molecule has 25 heavy (non-hydrogen) atoms. The third kappa shape index (κ3) is 10.5. The average molecular weight is 375 g/mol. The van der Waals surface area contributed by atoms with Crippen molar-refractivity contribution in [3.8, 4) is 0 Å². The molecule has 0 saturated carbocycles. The van der Waals surface area contributed by atoms with Crippen molar-refractivity contribution in [2.45, 2.75) is 70.6 Å². The Kier molecular flexibility index (Phi) is 14.8. The monoisotopic (exact) mass is 374 g/mol. The maximum atomic E-state index is 11.2.